The SMILES string of the molecule is O=C(NCc1cccc(Cn2ccnc2)c1)c1cc(S(=O)(=O)N2CCOCC2)c[nH]1. The second-order valence-electron chi connectivity index (χ2n) is 7.00. The summed E-state index contributed by atoms with van der Waals surface area (Å²) in [5.74, 6) is -0.363. The van der Waals surface area contributed by atoms with Crippen molar-refractivity contribution in [1.82, 2.24) is 24.2 Å². The molecule has 2 N–H and O–H groups in total. The van der Waals surface area contributed by atoms with Crippen molar-refractivity contribution >= 4 is 15.9 Å². The number of ether oxygens (including phenoxy) is 1. The lowest BCUT2D eigenvalue weighted by Gasteiger charge is -2.25. The monoisotopic (exact) mass is 429 g/mol. The van der Waals surface area contributed by atoms with E-state index >= 15 is 0 Å². The first-order valence-electron chi connectivity index (χ1n) is 9.60. The van der Waals surface area contributed by atoms with Gasteiger partial charge in [0.1, 0.15) is 10.6 Å². The van der Waals surface area contributed by atoms with Gasteiger partial charge in [-0.05, 0) is 17.2 Å². The molecule has 0 aliphatic carbocycles. The number of morpholine rings is 1. The summed E-state index contributed by atoms with van der Waals surface area (Å²) >= 11 is 0. The van der Waals surface area contributed by atoms with Gasteiger partial charge in [-0.3, -0.25) is 4.79 Å². The number of amides is 1. The summed E-state index contributed by atoms with van der Waals surface area (Å²) in [5, 5.41) is 2.83. The lowest BCUT2D eigenvalue weighted by Crippen LogP contribution is -2.40. The smallest absolute Gasteiger partial charge is 0.268 e. The van der Waals surface area contributed by atoms with E-state index in [0.717, 1.165) is 11.1 Å². The van der Waals surface area contributed by atoms with Crippen LogP contribution in [-0.2, 0) is 27.8 Å². The molecule has 2 aromatic heterocycles. The average Bonchev–Trinajstić information content (AvgIpc) is 3.46. The number of carbonyl (C=O) groups is 1. The van der Waals surface area contributed by atoms with E-state index in [1.54, 1.807) is 12.5 Å². The Hall–Kier alpha value is -2.95. The highest BCUT2D eigenvalue weighted by Crippen LogP contribution is 2.18. The summed E-state index contributed by atoms with van der Waals surface area (Å²) in [6.45, 7) is 2.39. The van der Waals surface area contributed by atoms with Crippen molar-refractivity contribution in [2.24, 2.45) is 0 Å². The zero-order valence-electron chi connectivity index (χ0n) is 16.3. The van der Waals surface area contributed by atoms with E-state index in [2.05, 4.69) is 15.3 Å². The molecular weight excluding hydrogens is 406 g/mol. The summed E-state index contributed by atoms with van der Waals surface area (Å²) < 4.78 is 33.9. The highest BCUT2D eigenvalue weighted by molar-refractivity contribution is 7.89. The molecule has 0 atom stereocenters. The Balaban J connectivity index is 1.38. The molecule has 3 heterocycles. The molecule has 158 valence electrons. The normalized spacial score (nSPS) is 15.2. The molecule has 0 radical (unpaired) electrons. The molecule has 1 aliphatic heterocycles. The number of hydrogen-bond acceptors (Lipinski definition) is 5. The van der Waals surface area contributed by atoms with Crippen LogP contribution in [-0.4, -0.2) is 59.5 Å². The fraction of sp³-hybridized carbons (Fsp3) is 0.300. The van der Waals surface area contributed by atoms with Crippen molar-refractivity contribution in [2.45, 2.75) is 18.0 Å². The number of sulfonamides is 1. The summed E-state index contributed by atoms with van der Waals surface area (Å²) in [6.07, 6.45) is 6.73. The van der Waals surface area contributed by atoms with Gasteiger partial charge in [-0.1, -0.05) is 24.3 Å². The number of nitrogens with zero attached hydrogens (tertiary/aromatic N) is 3. The Bertz CT molecular complexity index is 1100. The summed E-state index contributed by atoms with van der Waals surface area (Å²) in [6, 6.07) is 9.27. The Kier molecular flexibility index (Phi) is 5.98. The molecular formula is C20H23N5O4S. The van der Waals surface area contributed by atoms with Crippen molar-refractivity contribution in [3.05, 3.63) is 72.1 Å². The number of imidazole rings is 1. The summed E-state index contributed by atoms with van der Waals surface area (Å²) in [7, 11) is -3.64. The fourth-order valence-corrected chi connectivity index (χ4v) is 4.70. The molecule has 0 bridgehead atoms. The quantitative estimate of drug-likeness (QED) is 0.587. The molecule has 9 nitrogen and oxygen atoms in total. The second-order valence-corrected chi connectivity index (χ2v) is 8.94. The first-order chi connectivity index (χ1) is 14.5. The Labute approximate surface area is 174 Å². The van der Waals surface area contributed by atoms with Gasteiger partial charge in [0.2, 0.25) is 10.0 Å². The Morgan fingerprint density at radius 2 is 2.00 bits per heavy atom. The third-order valence-electron chi connectivity index (χ3n) is 4.88. The molecule has 0 unspecified atom stereocenters. The van der Waals surface area contributed by atoms with Crippen LogP contribution in [0.25, 0.3) is 0 Å². The second kappa shape index (κ2) is 8.82. The van der Waals surface area contributed by atoms with E-state index in [-0.39, 0.29) is 16.5 Å². The topological polar surface area (TPSA) is 109 Å². The van der Waals surface area contributed by atoms with Gasteiger partial charge in [0, 0.05) is 44.8 Å². The zero-order valence-corrected chi connectivity index (χ0v) is 17.1. The van der Waals surface area contributed by atoms with E-state index < -0.39 is 10.0 Å². The van der Waals surface area contributed by atoms with Crippen molar-refractivity contribution in [2.75, 3.05) is 26.3 Å². The lowest BCUT2D eigenvalue weighted by molar-refractivity contribution is 0.0730. The number of H-pyrrole nitrogens is 1. The van der Waals surface area contributed by atoms with Crippen molar-refractivity contribution in [3.63, 3.8) is 0 Å². The standard InChI is InChI=1S/C20H23N5O4S/c26-20(19-11-18(13-22-19)30(27,28)25-6-8-29-9-7-25)23-12-16-2-1-3-17(10-16)14-24-5-4-21-15-24/h1-5,10-11,13,15,22H,6-9,12,14H2,(H,23,26). The first kappa shape index (κ1) is 20.3. The highest BCUT2D eigenvalue weighted by Gasteiger charge is 2.27. The van der Waals surface area contributed by atoms with Crippen LogP contribution in [0, 0.1) is 0 Å². The fourth-order valence-electron chi connectivity index (χ4n) is 3.30. The number of aromatic nitrogens is 3. The third kappa shape index (κ3) is 4.61. The highest BCUT2D eigenvalue weighted by atomic mass is 32.2. The van der Waals surface area contributed by atoms with Crippen LogP contribution in [0.5, 0.6) is 0 Å². The van der Waals surface area contributed by atoms with E-state index in [0.29, 0.717) is 39.4 Å². The lowest BCUT2D eigenvalue weighted by atomic mass is 10.1. The number of rotatable bonds is 7. The minimum absolute atomic E-state index is 0.0804. The van der Waals surface area contributed by atoms with Gasteiger partial charge >= 0.3 is 0 Å². The van der Waals surface area contributed by atoms with Crippen LogP contribution in [0.4, 0.5) is 0 Å². The molecule has 30 heavy (non-hydrogen) atoms. The molecule has 4 rings (SSSR count). The Morgan fingerprint density at radius 3 is 2.77 bits per heavy atom. The van der Waals surface area contributed by atoms with Gasteiger partial charge < -0.3 is 19.6 Å². The van der Waals surface area contributed by atoms with Gasteiger partial charge in [0.25, 0.3) is 5.91 Å². The van der Waals surface area contributed by atoms with E-state index in [1.165, 1.54) is 16.6 Å². The van der Waals surface area contributed by atoms with Gasteiger partial charge in [0.05, 0.1) is 19.5 Å². The van der Waals surface area contributed by atoms with Gasteiger partial charge in [0.15, 0.2) is 0 Å². The maximum Gasteiger partial charge on any atom is 0.268 e. The molecule has 1 saturated heterocycles. The minimum atomic E-state index is -3.64. The molecule has 0 spiro atoms. The van der Waals surface area contributed by atoms with Crippen LogP contribution in [0.3, 0.4) is 0 Å². The molecule has 1 aliphatic rings. The molecule has 10 heteroatoms. The maximum absolute atomic E-state index is 12.7. The molecule has 1 fully saturated rings. The molecule has 3 aromatic rings. The number of aromatic amines is 1. The molecule has 1 aromatic carbocycles. The first-order valence-corrected chi connectivity index (χ1v) is 11.0. The van der Waals surface area contributed by atoms with Gasteiger partial charge in [-0.25, -0.2) is 13.4 Å². The van der Waals surface area contributed by atoms with E-state index in [9.17, 15) is 13.2 Å². The van der Waals surface area contributed by atoms with Crippen LogP contribution in [0.1, 0.15) is 21.6 Å². The summed E-state index contributed by atoms with van der Waals surface area (Å²) in [5.41, 5.74) is 2.25. The number of hydrogen-bond donors (Lipinski definition) is 2. The van der Waals surface area contributed by atoms with Crippen molar-refractivity contribution < 1.29 is 17.9 Å². The van der Waals surface area contributed by atoms with Crippen LogP contribution in [0.2, 0.25) is 0 Å². The number of benzene rings is 1. The minimum Gasteiger partial charge on any atom is -0.379 e. The predicted molar refractivity (Wildman–Crippen MR) is 109 cm³/mol. The molecule has 1 amide bonds. The van der Waals surface area contributed by atoms with Crippen LogP contribution >= 0.6 is 0 Å². The van der Waals surface area contributed by atoms with Gasteiger partial charge in [-0.15, -0.1) is 0 Å². The maximum atomic E-state index is 12.7. The predicted octanol–water partition coefficient (Wildman–Crippen LogP) is 1.21. The van der Waals surface area contributed by atoms with Crippen molar-refractivity contribution in [1.29, 1.82) is 0 Å². The van der Waals surface area contributed by atoms with Gasteiger partial charge in [-0.2, -0.15) is 4.31 Å². The van der Waals surface area contributed by atoms with E-state index in [1.807, 2.05) is 35.0 Å². The number of nitrogens with one attached hydrogen (secondary N) is 2. The number of carbonyl (C=O) groups excluding carboxylic acids is 1. The average molecular weight is 430 g/mol. The van der Waals surface area contributed by atoms with Crippen LogP contribution < -0.4 is 5.32 Å². The van der Waals surface area contributed by atoms with E-state index in [4.69, 9.17) is 4.74 Å². The largest absolute Gasteiger partial charge is 0.379 e. The van der Waals surface area contributed by atoms with Crippen LogP contribution in [0.15, 0.2) is 60.1 Å². The molecule has 0 saturated carbocycles. The van der Waals surface area contributed by atoms with Crippen molar-refractivity contribution in [3.8, 4) is 0 Å². The summed E-state index contributed by atoms with van der Waals surface area (Å²) in [4.78, 5) is 19.4. The Morgan fingerprint density at radius 1 is 1.20 bits per heavy atom. The zero-order chi connectivity index (χ0) is 21.0. The third-order valence-corrected chi connectivity index (χ3v) is 6.75.